The van der Waals surface area contributed by atoms with Gasteiger partial charge in [-0.2, -0.15) is 0 Å². The van der Waals surface area contributed by atoms with Crippen LogP contribution in [0, 0.1) is 6.92 Å². The van der Waals surface area contributed by atoms with Gasteiger partial charge in [0.1, 0.15) is 6.04 Å². The van der Waals surface area contributed by atoms with Crippen molar-refractivity contribution in [2.45, 2.75) is 45.7 Å². The van der Waals surface area contributed by atoms with Crippen LogP contribution in [-0.2, 0) is 11.3 Å². The number of carboxylic acids is 1. The highest BCUT2D eigenvalue weighted by atomic mass is 79.9. The Morgan fingerprint density at radius 2 is 2.22 bits per heavy atom. The summed E-state index contributed by atoms with van der Waals surface area (Å²) in [5.74, 6) is -0.766. The van der Waals surface area contributed by atoms with Crippen molar-refractivity contribution in [3.63, 3.8) is 0 Å². The zero-order chi connectivity index (χ0) is 13.5. The van der Waals surface area contributed by atoms with Crippen molar-refractivity contribution < 1.29 is 9.90 Å². The maximum absolute atomic E-state index is 11.1. The summed E-state index contributed by atoms with van der Waals surface area (Å²) in [6.07, 6.45) is 2.63. The Labute approximate surface area is 117 Å². The molecule has 0 radical (unpaired) electrons. The number of aliphatic carboxylic acids is 1. The van der Waals surface area contributed by atoms with Crippen LogP contribution in [0.4, 0.5) is 0 Å². The van der Waals surface area contributed by atoms with Crippen molar-refractivity contribution in [1.82, 2.24) is 5.32 Å². The number of hydrogen-bond acceptors (Lipinski definition) is 2. The maximum Gasteiger partial charge on any atom is 0.320 e. The summed E-state index contributed by atoms with van der Waals surface area (Å²) in [5, 5.41) is 12.2. The number of halogens is 1. The highest BCUT2D eigenvalue weighted by Crippen LogP contribution is 2.17. The van der Waals surface area contributed by atoms with E-state index in [1.165, 1.54) is 0 Å². The van der Waals surface area contributed by atoms with Crippen LogP contribution in [0.3, 0.4) is 0 Å². The van der Waals surface area contributed by atoms with Crippen LogP contribution in [0.5, 0.6) is 0 Å². The van der Waals surface area contributed by atoms with Crippen LogP contribution >= 0.6 is 15.9 Å². The number of carbonyl (C=O) groups is 1. The van der Waals surface area contributed by atoms with Crippen LogP contribution in [-0.4, -0.2) is 17.1 Å². The quantitative estimate of drug-likeness (QED) is 0.810. The second kappa shape index (κ2) is 7.54. The minimum Gasteiger partial charge on any atom is -0.480 e. The third-order valence-corrected chi connectivity index (χ3v) is 3.81. The molecule has 2 N–H and O–H groups in total. The first-order valence-electron chi connectivity index (χ1n) is 6.25. The van der Waals surface area contributed by atoms with Gasteiger partial charge < -0.3 is 10.4 Å². The van der Waals surface area contributed by atoms with E-state index in [9.17, 15) is 4.79 Å². The number of carboxylic acid groups (broad SMARTS) is 1. The SMILES string of the molecule is CCCCC(NCc1ccc(Br)c(C)c1)C(=O)O. The Hall–Kier alpha value is -0.870. The lowest BCUT2D eigenvalue weighted by molar-refractivity contribution is -0.139. The molecule has 0 bridgehead atoms. The first-order valence-corrected chi connectivity index (χ1v) is 7.05. The van der Waals surface area contributed by atoms with Crippen molar-refractivity contribution in [1.29, 1.82) is 0 Å². The molecule has 1 rings (SSSR count). The average molecular weight is 314 g/mol. The summed E-state index contributed by atoms with van der Waals surface area (Å²) in [6.45, 7) is 4.69. The molecule has 1 atom stereocenters. The second-order valence-corrected chi connectivity index (χ2v) is 5.35. The van der Waals surface area contributed by atoms with E-state index in [4.69, 9.17) is 5.11 Å². The van der Waals surface area contributed by atoms with Crippen LogP contribution in [0.2, 0.25) is 0 Å². The van der Waals surface area contributed by atoms with E-state index in [0.717, 1.165) is 28.4 Å². The van der Waals surface area contributed by atoms with Crippen molar-refractivity contribution in [2.75, 3.05) is 0 Å². The second-order valence-electron chi connectivity index (χ2n) is 4.50. The van der Waals surface area contributed by atoms with E-state index in [1.807, 2.05) is 19.1 Å². The highest BCUT2D eigenvalue weighted by Gasteiger charge is 2.15. The predicted octanol–water partition coefficient (Wildman–Crippen LogP) is 3.49. The van der Waals surface area contributed by atoms with Gasteiger partial charge in [-0.3, -0.25) is 4.79 Å². The summed E-state index contributed by atoms with van der Waals surface area (Å²) >= 11 is 3.45. The minimum atomic E-state index is -0.766. The lowest BCUT2D eigenvalue weighted by Crippen LogP contribution is -2.36. The van der Waals surface area contributed by atoms with E-state index in [0.29, 0.717) is 13.0 Å². The minimum absolute atomic E-state index is 0.450. The molecular formula is C14H20BrNO2. The van der Waals surface area contributed by atoms with Gasteiger partial charge in [-0.15, -0.1) is 0 Å². The van der Waals surface area contributed by atoms with E-state index >= 15 is 0 Å². The lowest BCUT2D eigenvalue weighted by Gasteiger charge is -2.14. The molecular weight excluding hydrogens is 294 g/mol. The molecule has 0 fully saturated rings. The highest BCUT2D eigenvalue weighted by molar-refractivity contribution is 9.10. The monoisotopic (exact) mass is 313 g/mol. The van der Waals surface area contributed by atoms with Crippen molar-refractivity contribution in [3.8, 4) is 0 Å². The van der Waals surface area contributed by atoms with Gasteiger partial charge in [-0.05, 0) is 30.5 Å². The Bertz CT molecular complexity index is 407. The summed E-state index contributed by atoms with van der Waals surface area (Å²) in [6, 6.07) is 5.61. The zero-order valence-electron chi connectivity index (χ0n) is 10.9. The molecule has 1 aromatic carbocycles. The molecule has 0 aromatic heterocycles. The molecule has 1 aromatic rings. The summed E-state index contributed by atoms with van der Waals surface area (Å²) in [7, 11) is 0. The normalized spacial score (nSPS) is 12.4. The fourth-order valence-corrected chi connectivity index (χ4v) is 2.03. The first kappa shape index (κ1) is 15.2. The van der Waals surface area contributed by atoms with Gasteiger partial charge in [0.25, 0.3) is 0 Å². The fraction of sp³-hybridized carbons (Fsp3) is 0.500. The molecule has 100 valence electrons. The van der Waals surface area contributed by atoms with Crippen molar-refractivity contribution in [3.05, 3.63) is 33.8 Å². The Morgan fingerprint density at radius 3 is 2.78 bits per heavy atom. The lowest BCUT2D eigenvalue weighted by atomic mass is 10.1. The van der Waals surface area contributed by atoms with Gasteiger partial charge in [-0.25, -0.2) is 0 Å². The zero-order valence-corrected chi connectivity index (χ0v) is 12.5. The molecule has 3 nitrogen and oxygen atoms in total. The maximum atomic E-state index is 11.1. The molecule has 0 aliphatic rings. The molecule has 0 aliphatic carbocycles. The van der Waals surface area contributed by atoms with Gasteiger partial charge in [0.05, 0.1) is 0 Å². The topological polar surface area (TPSA) is 49.3 Å². The third-order valence-electron chi connectivity index (χ3n) is 2.92. The van der Waals surface area contributed by atoms with Gasteiger partial charge in [-0.1, -0.05) is 47.8 Å². The first-order chi connectivity index (χ1) is 8.54. The Kier molecular flexibility index (Phi) is 6.36. The molecule has 0 saturated heterocycles. The van der Waals surface area contributed by atoms with Crippen molar-refractivity contribution >= 4 is 21.9 Å². The number of benzene rings is 1. The summed E-state index contributed by atoms with van der Waals surface area (Å²) < 4.78 is 1.08. The Balaban J connectivity index is 2.55. The molecule has 1 unspecified atom stereocenters. The molecule has 0 saturated carbocycles. The smallest absolute Gasteiger partial charge is 0.320 e. The molecule has 18 heavy (non-hydrogen) atoms. The molecule has 0 aliphatic heterocycles. The summed E-state index contributed by atoms with van der Waals surface area (Å²) in [4.78, 5) is 11.1. The number of aryl methyl sites for hydroxylation is 1. The standard InChI is InChI=1S/C14H20BrNO2/c1-3-4-5-13(14(17)18)16-9-11-6-7-12(15)10(2)8-11/h6-8,13,16H,3-5,9H2,1-2H3,(H,17,18). The van der Waals surface area contributed by atoms with Gasteiger partial charge in [0.2, 0.25) is 0 Å². The number of hydrogen-bond donors (Lipinski definition) is 2. The van der Waals surface area contributed by atoms with Crippen molar-refractivity contribution in [2.24, 2.45) is 0 Å². The summed E-state index contributed by atoms with van der Waals surface area (Å²) in [5.41, 5.74) is 2.27. The van der Waals surface area contributed by atoms with E-state index in [1.54, 1.807) is 0 Å². The van der Waals surface area contributed by atoms with Crippen LogP contribution < -0.4 is 5.32 Å². The largest absolute Gasteiger partial charge is 0.480 e. The Morgan fingerprint density at radius 1 is 1.50 bits per heavy atom. The van der Waals surface area contributed by atoms with Crippen LogP contribution in [0.1, 0.15) is 37.3 Å². The van der Waals surface area contributed by atoms with Gasteiger partial charge in [0.15, 0.2) is 0 Å². The average Bonchev–Trinajstić information content (AvgIpc) is 2.33. The van der Waals surface area contributed by atoms with Crippen LogP contribution in [0.15, 0.2) is 22.7 Å². The van der Waals surface area contributed by atoms with E-state index in [-0.39, 0.29) is 0 Å². The third kappa shape index (κ3) is 4.78. The van der Waals surface area contributed by atoms with E-state index < -0.39 is 12.0 Å². The number of nitrogens with one attached hydrogen (secondary N) is 1. The van der Waals surface area contributed by atoms with Crippen LogP contribution in [0.25, 0.3) is 0 Å². The molecule has 0 spiro atoms. The molecule has 0 amide bonds. The van der Waals surface area contributed by atoms with Gasteiger partial charge >= 0.3 is 5.97 Å². The fourth-order valence-electron chi connectivity index (χ4n) is 1.78. The van der Waals surface area contributed by atoms with Gasteiger partial charge in [0, 0.05) is 11.0 Å². The van der Waals surface area contributed by atoms with E-state index in [2.05, 4.69) is 34.2 Å². The molecule has 4 heteroatoms. The predicted molar refractivity (Wildman–Crippen MR) is 76.7 cm³/mol. The number of rotatable bonds is 7. The molecule has 0 heterocycles. The number of unbranched alkanes of at least 4 members (excludes halogenated alkanes) is 1.